The van der Waals surface area contributed by atoms with Crippen molar-refractivity contribution in [2.75, 3.05) is 6.26 Å². The second-order valence-corrected chi connectivity index (χ2v) is 9.10. The standard InChI is InChI=1S/C21H18BrNO3S/c1-27(25,26)19-9-5-8-17(14-19)21(24)23-20(15-6-3-2-4-7-15)16-10-12-18(22)13-11-16/h2-14,20H,1H3,(H,23,24). The van der Waals surface area contributed by atoms with Gasteiger partial charge in [0.25, 0.3) is 5.91 Å². The Kier molecular flexibility index (Phi) is 5.77. The summed E-state index contributed by atoms with van der Waals surface area (Å²) in [6.45, 7) is 0. The maximum atomic E-state index is 12.8. The smallest absolute Gasteiger partial charge is 0.252 e. The number of halogens is 1. The van der Waals surface area contributed by atoms with Crippen molar-refractivity contribution in [2.24, 2.45) is 0 Å². The van der Waals surface area contributed by atoms with Crippen LogP contribution in [-0.4, -0.2) is 20.6 Å². The molecule has 1 amide bonds. The monoisotopic (exact) mass is 443 g/mol. The number of carbonyl (C=O) groups is 1. The lowest BCUT2D eigenvalue weighted by Crippen LogP contribution is -2.29. The largest absolute Gasteiger partial charge is 0.341 e. The van der Waals surface area contributed by atoms with Crippen LogP contribution in [0.4, 0.5) is 0 Å². The Hall–Kier alpha value is -2.44. The van der Waals surface area contributed by atoms with Crippen LogP contribution in [0.25, 0.3) is 0 Å². The van der Waals surface area contributed by atoms with Crippen molar-refractivity contribution in [3.63, 3.8) is 0 Å². The fourth-order valence-corrected chi connectivity index (χ4v) is 3.67. The number of hydrogen-bond donors (Lipinski definition) is 1. The van der Waals surface area contributed by atoms with Gasteiger partial charge in [0, 0.05) is 16.3 Å². The molecule has 3 rings (SSSR count). The summed E-state index contributed by atoms with van der Waals surface area (Å²) in [5.74, 6) is -0.336. The fraction of sp³-hybridized carbons (Fsp3) is 0.0952. The fourth-order valence-electron chi connectivity index (χ4n) is 2.74. The highest BCUT2D eigenvalue weighted by Gasteiger charge is 2.19. The summed E-state index contributed by atoms with van der Waals surface area (Å²) in [7, 11) is -3.38. The van der Waals surface area contributed by atoms with E-state index in [1.807, 2.05) is 54.6 Å². The van der Waals surface area contributed by atoms with Crippen molar-refractivity contribution in [3.8, 4) is 0 Å². The molecule has 6 heteroatoms. The summed E-state index contributed by atoms with van der Waals surface area (Å²) < 4.78 is 24.5. The normalized spacial score (nSPS) is 12.4. The van der Waals surface area contributed by atoms with E-state index >= 15 is 0 Å². The van der Waals surface area contributed by atoms with Gasteiger partial charge in [-0.1, -0.05) is 64.5 Å². The highest BCUT2D eigenvalue weighted by atomic mass is 79.9. The summed E-state index contributed by atoms with van der Waals surface area (Å²) in [5.41, 5.74) is 2.17. The zero-order chi connectivity index (χ0) is 19.4. The molecule has 1 unspecified atom stereocenters. The highest BCUT2D eigenvalue weighted by molar-refractivity contribution is 9.10. The minimum Gasteiger partial charge on any atom is -0.341 e. The van der Waals surface area contributed by atoms with Gasteiger partial charge in [0.15, 0.2) is 9.84 Å². The molecule has 1 atom stereocenters. The van der Waals surface area contributed by atoms with E-state index in [0.717, 1.165) is 21.9 Å². The summed E-state index contributed by atoms with van der Waals surface area (Å²) >= 11 is 3.42. The molecule has 3 aromatic carbocycles. The first-order chi connectivity index (χ1) is 12.8. The van der Waals surface area contributed by atoms with Crippen LogP contribution in [0.5, 0.6) is 0 Å². The van der Waals surface area contributed by atoms with Crippen molar-refractivity contribution >= 4 is 31.7 Å². The number of carbonyl (C=O) groups excluding carboxylic acids is 1. The molecule has 0 saturated heterocycles. The third-order valence-corrected chi connectivity index (χ3v) is 5.77. The topological polar surface area (TPSA) is 63.2 Å². The SMILES string of the molecule is CS(=O)(=O)c1cccc(C(=O)NC(c2ccccc2)c2ccc(Br)cc2)c1. The lowest BCUT2D eigenvalue weighted by Gasteiger charge is -2.20. The Morgan fingerprint density at radius 3 is 2.15 bits per heavy atom. The first kappa shape index (κ1) is 19.3. The molecular weight excluding hydrogens is 426 g/mol. The van der Waals surface area contributed by atoms with Crippen molar-refractivity contribution in [3.05, 3.63) is 100 Å². The molecule has 0 spiro atoms. The molecular formula is C21H18BrNO3S. The Morgan fingerprint density at radius 1 is 0.889 bits per heavy atom. The maximum absolute atomic E-state index is 12.8. The van der Waals surface area contributed by atoms with Gasteiger partial charge in [0.2, 0.25) is 0 Å². The van der Waals surface area contributed by atoms with Crippen LogP contribution in [0.1, 0.15) is 27.5 Å². The van der Waals surface area contributed by atoms with Gasteiger partial charge >= 0.3 is 0 Å². The molecule has 0 aliphatic carbocycles. The van der Waals surface area contributed by atoms with E-state index in [4.69, 9.17) is 0 Å². The predicted octanol–water partition coefficient (Wildman–Crippen LogP) is 4.37. The molecule has 0 bridgehead atoms. The number of nitrogens with one attached hydrogen (secondary N) is 1. The molecule has 0 aliphatic heterocycles. The predicted molar refractivity (Wildman–Crippen MR) is 109 cm³/mol. The van der Waals surface area contributed by atoms with E-state index < -0.39 is 9.84 Å². The quantitative estimate of drug-likeness (QED) is 0.636. The molecule has 0 radical (unpaired) electrons. The van der Waals surface area contributed by atoms with Gasteiger partial charge in [-0.3, -0.25) is 4.79 Å². The number of amides is 1. The average Bonchev–Trinajstić information content (AvgIpc) is 2.67. The number of benzene rings is 3. The molecule has 4 nitrogen and oxygen atoms in total. The van der Waals surface area contributed by atoms with Crippen molar-refractivity contribution in [2.45, 2.75) is 10.9 Å². The van der Waals surface area contributed by atoms with Gasteiger partial charge in [-0.2, -0.15) is 0 Å². The average molecular weight is 444 g/mol. The van der Waals surface area contributed by atoms with Gasteiger partial charge in [0.1, 0.15) is 0 Å². The highest BCUT2D eigenvalue weighted by Crippen LogP contribution is 2.24. The van der Waals surface area contributed by atoms with Crippen LogP contribution in [0.2, 0.25) is 0 Å². The Morgan fingerprint density at radius 2 is 1.52 bits per heavy atom. The van der Waals surface area contributed by atoms with Crippen LogP contribution in [-0.2, 0) is 9.84 Å². The van der Waals surface area contributed by atoms with Gasteiger partial charge in [-0.05, 0) is 41.5 Å². The van der Waals surface area contributed by atoms with Crippen LogP contribution >= 0.6 is 15.9 Å². The van der Waals surface area contributed by atoms with Crippen LogP contribution < -0.4 is 5.32 Å². The summed E-state index contributed by atoms with van der Waals surface area (Å²) in [6, 6.07) is 23.1. The van der Waals surface area contributed by atoms with Gasteiger partial charge in [-0.15, -0.1) is 0 Å². The first-order valence-corrected chi connectivity index (χ1v) is 10.9. The van der Waals surface area contributed by atoms with E-state index in [2.05, 4.69) is 21.2 Å². The molecule has 0 aromatic heterocycles. The molecule has 1 N–H and O–H groups in total. The van der Waals surface area contributed by atoms with Crippen LogP contribution in [0, 0.1) is 0 Å². The number of rotatable bonds is 5. The third-order valence-electron chi connectivity index (χ3n) is 4.14. The maximum Gasteiger partial charge on any atom is 0.252 e. The zero-order valence-electron chi connectivity index (χ0n) is 14.6. The van der Waals surface area contributed by atoms with E-state index in [1.54, 1.807) is 12.1 Å². The summed E-state index contributed by atoms with van der Waals surface area (Å²) in [4.78, 5) is 13.0. The molecule has 0 saturated carbocycles. The Labute approximate surface area is 167 Å². The van der Waals surface area contributed by atoms with E-state index in [1.165, 1.54) is 12.1 Å². The minimum absolute atomic E-state index is 0.120. The second kappa shape index (κ2) is 8.06. The molecule has 27 heavy (non-hydrogen) atoms. The molecule has 0 fully saturated rings. The van der Waals surface area contributed by atoms with Gasteiger partial charge < -0.3 is 5.32 Å². The van der Waals surface area contributed by atoms with Gasteiger partial charge in [-0.25, -0.2) is 8.42 Å². The van der Waals surface area contributed by atoms with E-state index in [0.29, 0.717) is 5.56 Å². The molecule has 0 heterocycles. The number of hydrogen-bond acceptors (Lipinski definition) is 3. The number of sulfone groups is 1. The molecule has 0 aliphatic rings. The van der Waals surface area contributed by atoms with Crippen LogP contribution in [0.3, 0.4) is 0 Å². The first-order valence-electron chi connectivity index (χ1n) is 8.26. The minimum atomic E-state index is -3.38. The zero-order valence-corrected chi connectivity index (χ0v) is 17.0. The summed E-state index contributed by atoms with van der Waals surface area (Å²) in [6.07, 6.45) is 1.12. The Balaban J connectivity index is 1.95. The van der Waals surface area contributed by atoms with E-state index in [-0.39, 0.29) is 16.8 Å². The lowest BCUT2D eigenvalue weighted by atomic mass is 9.98. The lowest BCUT2D eigenvalue weighted by molar-refractivity contribution is 0.0942. The van der Waals surface area contributed by atoms with Gasteiger partial charge in [0.05, 0.1) is 10.9 Å². The van der Waals surface area contributed by atoms with Crippen molar-refractivity contribution in [1.82, 2.24) is 5.32 Å². The third kappa shape index (κ3) is 4.84. The molecule has 3 aromatic rings. The second-order valence-electron chi connectivity index (χ2n) is 6.17. The van der Waals surface area contributed by atoms with Crippen LogP contribution in [0.15, 0.2) is 88.2 Å². The Bertz CT molecular complexity index is 1050. The summed E-state index contributed by atoms with van der Waals surface area (Å²) in [5, 5.41) is 3.01. The van der Waals surface area contributed by atoms with Crippen molar-refractivity contribution < 1.29 is 13.2 Å². The molecule has 138 valence electrons. The van der Waals surface area contributed by atoms with Crippen molar-refractivity contribution in [1.29, 1.82) is 0 Å². The van der Waals surface area contributed by atoms with E-state index in [9.17, 15) is 13.2 Å².